The number of hydrogen-bond acceptors (Lipinski definition) is 4. The van der Waals surface area contributed by atoms with E-state index in [0.717, 1.165) is 24.0 Å². The molecule has 2 aromatic carbocycles. The maximum absolute atomic E-state index is 12.3. The van der Waals surface area contributed by atoms with Crippen LogP contribution in [0.1, 0.15) is 24.5 Å². The standard InChI is InChI=1S/C23H27N3O4/c1-2-18-10-6-7-11-20(18)30-16-21(27)24-25-23(29)19-14-22(28)26(15-19)13-12-17-8-4-3-5-9-17/h3-11,19H,2,12-16H2,1H3,(H,24,27)(H,25,29). The SMILES string of the molecule is CCc1ccccc1OCC(=O)NNC(=O)C1CC(=O)N(CCc2ccccc2)C1. The monoisotopic (exact) mass is 409 g/mol. The van der Waals surface area contributed by atoms with Gasteiger partial charge in [-0.3, -0.25) is 25.2 Å². The van der Waals surface area contributed by atoms with Crippen molar-refractivity contribution in [2.24, 2.45) is 5.92 Å². The number of likely N-dealkylation sites (tertiary alicyclic amines) is 1. The molecule has 1 heterocycles. The molecule has 3 amide bonds. The molecule has 0 bridgehead atoms. The number of rotatable bonds is 8. The highest BCUT2D eigenvalue weighted by Gasteiger charge is 2.34. The molecule has 0 spiro atoms. The first-order chi connectivity index (χ1) is 14.6. The van der Waals surface area contributed by atoms with E-state index in [0.29, 0.717) is 18.8 Å². The van der Waals surface area contributed by atoms with Crippen LogP contribution in [0.2, 0.25) is 0 Å². The van der Waals surface area contributed by atoms with Crippen LogP contribution in [0.25, 0.3) is 0 Å². The minimum absolute atomic E-state index is 0.0445. The number of para-hydroxylation sites is 1. The molecule has 7 nitrogen and oxygen atoms in total. The lowest BCUT2D eigenvalue weighted by molar-refractivity contribution is -0.132. The molecule has 1 saturated heterocycles. The molecule has 158 valence electrons. The van der Waals surface area contributed by atoms with Crippen LogP contribution in [0.15, 0.2) is 54.6 Å². The Kier molecular flexibility index (Phi) is 7.43. The smallest absolute Gasteiger partial charge is 0.276 e. The predicted molar refractivity (Wildman–Crippen MR) is 112 cm³/mol. The summed E-state index contributed by atoms with van der Waals surface area (Å²) in [4.78, 5) is 38.2. The average Bonchev–Trinajstić information content (AvgIpc) is 3.16. The van der Waals surface area contributed by atoms with Crippen LogP contribution in [0.3, 0.4) is 0 Å². The van der Waals surface area contributed by atoms with Gasteiger partial charge in [0, 0.05) is 19.5 Å². The van der Waals surface area contributed by atoms with Gasteiger partial charge >= 0.3 is 0 Å². The Morgan fingerprint density at radius 3 is 2.57 bits per heavy atom. The van der Waals surface area contributed by atoms with Crippen LogP contribution in [0.4, 0.5) is 0 Å². The summed E-state index contributed by atoms with van der Waals surface area (Å²) in [6.45, 7) is 2.73. The molecule has 0 radical (unpaired) electrons. The normalized spacial score (nSPS) is 15.7. The fourth-order valence-corrected chi connectivity index (χ4v) is 3.42. The Morgan fingerprint density at radius 1 is 1.07 bits per heavy atom. The third kappa shape index (κ3) is 5.83. The van der Waals surface area contributed by atoms with Gasteiger partial charge in [0.1, 0.15) is 5.75 Å². The topological polar surface area (TPSA) is 87.7 Å². The van der Waals surface area contributed by atoms with Crippen molar-refractivity contribution in [2.75, 3.05) is 19.7 Å². The maximum Gasteiger partial charge on any atom is 0.276 e. The number of ether oxygens (including phenoxy) is 1. The van der Waals surface area contributed by atoms with E-state index in [2.05, 4.69) is 10.9 Å². The van der Waals surface area contributed by atoms with Crippen molar-refractivity contribution >= 4 is 17.7 Å². The third-order valence-corrected chi connectivity index (χ3v) is 5.14. The second kappa shape index (κ2) is 10.4. The van der Waals surface area contributed by atoms with Gasteiger partial charge in [-0.1, -0.05) is 55.5 Å². The first-order valence-corrected chi connectivity index (χ1v) is 10.2. The average molecular weight is 409 g/mol. The lowest BCUT2D eigenvalue weighted by Gasteiger charge is -2.17. The predicted octanol–water partition coefficient (Wildman–Crippen LogP) is 1.87. The number of carbonyl (C=O) groups excluding carboxylic acids is 3. The molecule has 0 aromatic heterocycles. The zero-order valence-electron chi connectivity index (χ0n) is 17.1. The highest BCUT2D eigenvalue weighted by atomic mass is 16.5. The van der Waals surface area contributed by atoms with E-state index in [1.807, 2.05) is 55.5 Å². The Labute approximate surface area is 176 Å². The van der Waals surface area contributed by atoms with Crippen LogP contribution in [0.5, 0.6) is 5.75 Å². The molecular formula is C23H27N3O4. The molecule has 1 atom stereocenters. The van der Waals surface area contributed by atoms with Crippen molar-refractivity contribution in [1.29, 1.82) is 0 Å². The molecule has 2 N–H and O–H groups in total. The van der Waals surface area contributed by atoms with Crippen LogP contribution in [-0.4, -0.2) is 42.3 Å². The maximum atomic E-state index is 12.3. The molecule has 1 aliphatic rings. The number of aryl methyl sites for hydroxylation is 1. The van der Waals surface area contributed by atoms with E-state index in [4.69, 9.17) is 4.74 Å². The first-order valence-electron chi connectivity index (χ1n) is 10.2. The van der Waals surface area contributed by atoms with Crippen molar-refractivity contribution in [3.63, 3.8) is 0 Å². The lowest BCUT2D eigenvalue weighted by atomic mass is 10.1. The van der Waals surface area contributed by atoms with Crippen molar-refractivity contribution in [3.8, 4) is 5.75 Å². The zero-order valence-corrected chi connectivity index (χ0v) is 17.1. The van der Waals surface area contributed by atoms with Crippen LogP contribution >= 0.6 is 0 Å². The number of nitrogens with one attached hydrogen (secondary N) is 2. The van der Waals surface area contributed by atoms with E-state index < -0.39 is 11.8 Å². The summed E-state index contributed by atoms with van der Waals surface area (Å²) in [6, 6.07) is 17.4. The van der Waals surface area contributed by atoms with Gasteiger partial charge < -0.3 is 9.64 Å². The summed E-state index contributed by atoms with van der Waals surface area (Å²) in [7, 11) is 0. The van der Waals surface area contributed by atoms with Crippen LogP contribution < -0.4 is 15.6 Å². The van der Waals surface area contributed by atoms with Gasteiger partial charge in [-0.2, -0.15) is 0 Å². The summed E-state index contributed by atoms with van der Waals surface area (Å²) < 4.78 is 5.53. The number of hydrogen-bond donors (Lipinski definition) is 2. The molecular weight excluding hydrogens is 382 g/mol. The van der Waals surface area contributed by atoms with Gasteiger partial charge in [0.2, 0.25) is 11.8 Å². The van der Waals surface area contributed by atoms with Crippen molar-refractivity contribution in [1.82, 2.24) is 15.8 Å². The highest BCUT2D eigenvalue weighted by molar-refractivity contribution is 5.90. The third-order valence-electron chi connectivity index (χ3n) is 5.14. The Bertz CT molecular complexity index is 885. The second-order valence-electron chi connectivity index (χ2n) is 7.26. The summed E-state index contributed by atoms with van der Waals surface area (Å²) in [5, 5.41) is 0. The Balaban J connectivity index is 1.40. The minimum atomic E-state index is -0.477. The fourth-order valence-electron chi connectivity index (χ4n) is 3.42. The summed E-state index contributed by atoms with van der Waals surface area (Å²) in [5.74, 6) is -0.698. The first kappa shape index (κ1) is 21.4. The van der Waals surface area contributed by atoms with Gasteiger partial charge in [0.05, 0.1) is 5.92 Å². The second-order valence-corrected chi connectivity index (χ2v) is 7.26. The molecule has 30 heavy (non-hydrogen) atoms. The molecule has 3 rings (SSSR count). The van der Waals surface area contributed by atoms with E-state index in [9.17, 15) is 14.4 Å². The largest absolute Gasteiger partial charge is 0.483 e. The summed E-state index contributed by atoms with van der Waals surface area (Å²) >= 11 is 0. The van der Waals surface area contributed by atoms with Crippen LogP contribution in [-0.2, 0) is 27.2 Å². The molecule has 1 aliphatic heterocycles. The molecule has 1 unspecified atom stereocenters. The zero-order chi connectivity index (χ0) is 21.3. The number of nitrogens with zero attached hydrogens (tertiary/aromatic N) is 1. The van der Waals surface area contributed by atoms with Crippen molar-refractivity contribution in [3.05, 3.63) is 65.7 Å². The van der Waals surface area contributed by atoms with Crippen LogP contribution in [0, 0.1) is 5.92 Å². The van der Waals surface area contributed by atoms with Gasteiger partial charge in [0.15, 0.2) is 6.61 Å². The molecule has 2 aromatic rings. The van der Waals surface area contributed by atoms with Gasteiger partial charge in [-0.15, -0.1) is 0 Å². The molecule has 0 saturated carbocycles. The lowest BCUT2D eigenvalue weighted by Crippen LogP contribution is -2.46. The molecule has 1 fully saturated rings. The Morgan fingerprint density at radius 2 is 1.80 bits per heavy atom. The van der Waals surface area contributed by atoms with E-state index in [1.54, 1.807) is 11.0 Å². The number of benzene rings is 2. The minimum Gasteiger partial charge on any atom is -0.483 e. The molecule has 7 heteroatoms. The van der Waals surface area contributed by atoms with E-state index in [1.165, 1.54) is 0 Å². The van der Waals surface area contributed by atoms with E-state index >= 15 is 0 Å². The number of carbonyl (C=O) groups is 3. The van der Waals surface area contributed by atoms with Crippen molar-refractivity contribution < 1.29 is 19.1 Å². The van der Waals surface area contributed by atoms with Gasteiger partial charge in [-0.05, 0) is 30.0 Å². The Hall–Kier alpha value is -3.35. The molecule has 0 aliphatic carbocycles. The van der Waals surface area contributed by atoms with E-state index in [-0.39, 0.29) is 24.8 Å². The number of hydrazine groups is 1. The van der Waals surface area contributed by atoms with Crippen molar-refractivity contribution in [2.45, 2.75) is 26.2 Å². The highest BCUT2D eigenvalue weighted by Crippen LogP contribution is 2.19. The van der Waals surface area contributed by atoms with Gasteiger partial charge in [0.25, 0.3) is 5.91 Å². The quantitative estimate of drug-likeness (QED) is 0.652. The fraction of sp³-hybridized carbons (Fsp3) is 0.348. The summed E-state index contributed by atoms with van der Waals surface area (Å²) in [6.07, 6.45) is 1.69. The number of amides is 3. The summed E-state index contributed by atoms with van der Waals surface area (Å²) in [5.41, 5.74) is 6.93. The van der Waals surface area contributed by atoms with Gasteiger partial charge in [-0.25, -0.2) is 0 Å².